The van der Waals surface area contributed by atoms with E-state index in [0.29, 0.717) is 23.4 Å². The SMILES string of the molecule is Cc1ccccc1C(=O)Nc1ccc(C(=O)N2c3ccccc3CNc3ccccc32)c(C)c1. The Morgan fingerprint density at radius 1 is 0.765 bits per heavy atom. The van der Waals surface area contributed by atoms with Gasteiger partial charge in [-0.2, -0.15) is 0 Å². The van der Waals surface area contributed by atoms with Crippen molar-refractivity contribution in [1.29, 1.82) is 0 Å². The lowest BCUT2D eigenvalue weighted by Gasteiger charge is -2.25. The van der Waals surface area contributed by atoms with Gasteiger partial charge in [0.1, 0.15) is 0 Å². The van der Waals surface area contributed by atoms with Crippen molar-refractivity contribution in [2.24, 2.45) is 0 Å². The molecule has 34 heavy (non-hydrogen) atoms. The molecule has 0 aromatic heterocycles. The number of hydrogen-bond acceptors (Lipinski definition) is 3. The Balaban J connectivity index is 1.49. The number of aryl methyl sites for hydroxylation is 2. The van der Waals surface area contributed by atoms with E-state index < -0.39 is 0 Å². The number of nitrogens with zero attached hydrogens (tertiary/aromatic N) is 1. The van der Waals surface area contributed by atoms with Crippen LogP contribution in [0.5, 0.6) is 0 Å². The lowest BCUT2D eigenvalue weighted by molar-refractivity contribution is 0.0997. The van der Waals surface area contributed by atoms with E-state index in [4.69, 9.17) is 0 Å². The summed E-state index contributed by atoms with van der Waals surface area (Å²) in [7, 11) is 0. The van der Waals surface area contributed by atoms with E-state index in [1.54, 1.807) is 23.1 Å². The molecule has 1 aliphatic heterocycles. The van der Waals surface area contributed by atoms with Crippen LogP contribution in [0.1, 0.15) is 37.4 Å². The van der Waals surface area contributed by atoms with Gasteiger partial charge in [-0.15, -0.1) is 0 Å². The van der Waals surface area contributed by atoms with Gasteiger partial charge in [0.25, 0.3) is 11.8 Å². The Kier molecular flexibility index (Phi) is 5.60. The molecule has 0 saturated carbocycles. The Morgan fingerprint density at radius 2 is 1.47 bits per heavy atom. The van der Waals surface area contributed by atoms with Gasteiger partial charge >= 0.3 is 0 Å². The van der Waals surface area contributed by atoms with Gasteiger partial charge in [-0.25, -0.2) is 0 Å². The molecule has 4 aromatic carbocycles. The van der Waals surface area contributed by atoms with Gasteiger partial charge in [0, 0.05) is 23.4 Å². The monoisotopic (exact) mass is 447 g/mol. The van der Waals surface area contributed by atoms with Gasteiger partial charge < -0.3 is 10.6 Å². The van der Waals surface area contributed by atoms with Crippen LogP contribution in [-0.2, 0) is 6.54 Å². The van der Waals surface area contributed by atoms with Crippen LogP contribution < -0.4 is 15.5 Å². The number of fused-ring (bicyclic) bond motifs is 2. The van der Waals surface area contributed by atoms with E-state index in [2.05, 4.69) is 10.6 Å². The number of benzene rings is 4. The van der Waals surface area contributed by atoms with E-state index in [-0.39, 0.29) is 11.8 Å². The molecule has 2 N–H and O–H groups in total. The Hall–Kier alpha value is -4.38. The summed E-state index contributed by atoms with van der Waals surface area (Å²) in [6.45, 7) is 4.44. The largest absolute Gasteiger partial charge is 0.379 e. The minimum Gasteiger partial charge on any atom is -0.379 e. The maximum Gasteiger partial charge on any atom is 0.263 e. The number of para-hydroxylation sites is 3. The summed E-state index contributed by atoms with van der Waals surface area (Å²) in [4.78, 5) is 28.4. The topological polar surface area (TPSA) is 61.4 Å². The molecule has 5 rings (SSSR count). The normalized spacial score (nSPS) is 12.1. The van der Waals surface area contributed by atoms with E-state index in [1.807, 2.05) is 86.6 Å². The molecule has 0 bridgehead atoms. The Labute approximate surface area is 199 Å². The minimum atomic E-state index is -0.168. The molecule has 0 spiro atoms. The maximum atomic E-state index is 13.9. The first kappa shape index (κ1) is 21.5. The number of carbonyl (C=O) groups excluding carboxylic acids is 2. The molecule has 0 radical (unpaired) electrons. The number of nitrogens with one attached hydrogen (secondary N) is 2. The molecule has 5 heteroatoms. The van der Waals surface area contributed by atoms with Gasteiger partial charge in [-0.1, -0.05) is 48.5 Å². The molecule has 0 unspecified atom stereocenters. The van der Waals surface area contributed by atoms with Crippen molar-refractivity contribution in [2.75, 3.05) is 15.5 Å². The highest BCUT2D eigenvalue weighted by Crippen LogP contribution is 2.39. The van der Waals surface area contributed by atoms with Crippen LogP contribution in [-0.4, -0.2) is 11.8 Å². The van der Waals surface area contributed by atoms with E-state index in [0.717, 1.165) is 33.8 Å². The van der Waals surface area contributed by atoms with Crippen LogP contribution >= 0.6 is 0 Å². The Morgan fingerprint density at radius 3 is 2.26 bits per heavy atom. The summed E-state index contributed by atoms with van der Waals surface area (Å²) in [6, 6.07) is 28.7. The van der Waals surface area contributed by atoms with Crippen molar-refractivity contribution in [3.63, 3.8) is 0 Å². The number of carbonyl (C=O) groups is 2. The van der Waals surface area contributed by atoms with E-state index in [1.165, 1.54) is 0 Å². The zero-order valence-corrected chi connectivity index (χ0v) is 19.1. The van der Waals surface area contributed by atoms with E-state index >= 15 is 0 Å². The molecule has 0 atom stereocenters. The van der Waals surface area contributed by atoms with Crippen molar-refractivity contribution < 1.29 is 9.59 Å². The average Bonchev–Trinajstić information content (AvgIpc) is 3.01. The second-order valence-electron chi connectivity index (χ2n) is 8.44. The first-order chi connectivity index (χ1) is 16.5. The molecular formula is C29H25N3O2. The molecule has 5 nitrogen and oxygen atoms in total. The van der Waals surface area contributed by atoms with Crippen molar-refractivity contribution in [3.8, 4) is 0 Å². The predicted molar refractivity (Wildman–Crippen MR) is 137 cm³/mol. The fraction of sp³-hybridized carbons (Fsp3) is 0.103. The highest BCUT2D eigenvalue weighted by atomic mass is 16.2. The van der Waals surface area contributed by atoms with Crippen molar-refractivity contribution in [2.45, 2.75) is 20.4 Å². The van der Waals surface area contributed by atoms with E-state index in [9.17, 15) is 9.59 Å². The highest BCUT2D eigenvalue weighted by Gasteiger charge is 2.27. The summed E-state index contributed by atoms with van der Waals surface area (Å²) in [5.74, 6) is -0.282. The molecule has 4 aromatic rings. The van der Waals surface area contributed by atoms with Crippen LogP contribution in [0.15, 0.2) is 91.0 Å². The first-order valence-electron chi connectivity index (χ1n) is 11.3. The van der Waals surface area contributed by atoms with Crippen LogP contribution in [0.4, 0.5) is 22.7 Å². The first-order valence-corrected chi connectivity index (χ1v) is 11.3. The Bertz CT molecular complexity index is 1360. The van der Waals surface area contributed by atoms with Crippen LogP contribution in [0.2, 0.25) is 0 Å². The van der Waals surface area contributed by atoms with Crippen LogP contribution in [0.3, 0.4) is 0 Å². The van der Waals surface area contributed by atoms with Crippen molar-refractivity contribution in [3.05, 3.63) is 119 Å². The third kappa shape index (κ3) is 3.92. The van der Waals surface area contributed by atoms with Crippen LogP contribution in [0.25, 0.3) is 0 Å². The summed E-state index contributed by atoms with van der Waals surface area (Å²) < 4.78 is 0. The molecular weight excluding hydrogens is 422 g/mol. The number of anilines is 4. The number of rotatable bonds is 3. The zero-order valence-electron chi connectivity index (χ0n) is 19.1. The molecule has 0 saturated heterocycles. The van der Waals surface area contributed by atoms with Crippen molar-refractivity contribution >= 4 is 34.6 Å². The van der Waals surface area contributed by atoms with Crippen molar-refractivity contribution in [1.82, 2.24) is 0 Å². The number of amides is 2. The molecule has 1 aliphatic rings. The van der Waals surface area contributed by atoms with Gasteiger partial charge in [0.05, 0.1) is 17.1 Å². The van der Waals surface area contributed by atoms with Gasteiger partial charge in [0.2, 0.25) is 0 Å². The quantitative estimate of drug-likeness (QED) is 0.379. The van der Waals surface area contributed by atoms with Gasteiger partial charge in [0.15, 0.2) is 0 Å². The third-order valence-corrected chi connectivity index (χ3v) is 6.15. The fourth-order valence-corrected chi connectivity index (χ4v) is 4.36. The molecule has 0 fully saturated rings. The fourth-order valence-electron chi connectivity index (χ4n) is 4.36. The van der Waals surface area contributed by atoms with Gasteiger partial charge in [-0.05, 0) is 73.0 Å². The summed E-state index contributed by atoms with van der Waals surface area (Å²) in [5, 5.41) is 6.39. The third-order valence-electron chi connectivity index (χ3n) is 6.15. The number of hydrogen-bond donors (Lipinski definition) is 2. The van der Waals surface area contributed by atoms with Crippen LogP contribution in [0, 0.1) is 13.8 Å². The minimum absolute atomic E-state index is 0.113. The second-order valence-corrected chi connectivity index (χ2v) is 8.44. The predicted octanol–water partition coefficient (Wildman–Crippen LogP) is 6.46. The molecule has 2 amide bonds. The molecule has 168 valence electrons. The summed E-state index contributed by atoms with van der Waals surface area (Å²) in [6.07, 6.45) is 0. The van der Waals surface area contributed by atoms with Gasteiger partial charge in [-0.3, -0.25) is 14.5 Å². The summed E-state index contributed by atoms with van der Waals surface area (Å²) >= 11 is 0. The highest BCUT2D eigenvalue weighted by molar-refractivity contribution is 6.14. The lowest BCUT2D eigenvalue weighted by Crippen LogP contribution is -2.27. The average molecular weight is 448 g/mol. The molecule has 0 aliphatic carbocycles. The second kappa shape index (κ2) is 8.87. The standard InChI is InChI=1S/C29H25N3O2/c1-19-9-3-5-11-23(19)28(33)31-22-15-16-24(20(2)17-22)29(34)32-26-13-7-4-10-21(26)18-30-25-12-6-8-14-27(25)32/h3-17,30H,18H2,1-2H3,(H,31,33). The zero-order chi connectivity index (χ0) is 23.7. The molecule has 1 heterocycles. The smallest absolute Gasteiger partial charge is 0.263 e. The lowest BCUT2D eigenvalue weighted by atomic mass is 10.0. The maximum absolute atomic E-state index is 13.9. The summed E-state index contributed by atoms with van der Waals surface area (Å²) in [5.41, 5.74) is 7.20.